The van der Waals surface area contributed by atoms with Crippen LogP contribution >= 0.6 is 11.6 Å². The first-order chi connectivity index (χ1) is 9.04. The number of amides is 2. The van der Waals surface area contributed by atoms with Crippen LogP contribution in [0.1, 0.15) is 25.0 Å². The zero-order chi connectivity index (χ0) is 14.4. The third-order valence-corrected chi connectivity index (χ3v) is 3.44. The quantitative estimate of drug-likeness (QED) is 0.873. The molecule has 0 fully saturated rings. The van der Waals surface area contributed by atoms with Gasteiger partial charge >= 0.3 is 6.03 Å². The lowest BCUT2D eigenvalue weighted by Crippen LogP contribution is -2.34. The van der Waals surface area contributed by atoms with Crippen molar-refractivity contribution in [1.29, 1.82) is 0 Å². The third-order valence-electron chi connectivity index (χ3n) is 3.09. The minimum absolute atomic E-state index is 0.0548. The first-order valence-electron chi connectivity index (χ1n) is 6.48. The molecule has 1 aromatic rings. The number of nitrogens with zero attached hydrogens (tertiary/aromatic N) is 1. The van der Waals surface area contributed by atoms with Crippen molar-refractivity contribution in [3.8, 4) is 0 Å². The van der Waals surface area contributed by atoms with Gasteiger partial charge in [0.2, 0.25) is 0 Å². The van der Waals surface area contributed by atoms with Gasteiger partial charge in [0.1, 0.15) is 0 Å². The molecule has 0 atom stereocenters. The highest BCUT2D eigenvalue weighted by atomic mass is 35.5. The summed E-state index contributed by atoms with van der Waals surface area (Å²) in [6.07, 6.45) is 1.58. The van der Waals surface area contributed by atoms with Crippen molar-refractivity contribution < 1.29 is 9.90 Å². The normalized spacial score (nSPS) is 10.4. The molecule has 2 amide bonds. The molecule has 106 valence electrons. The number of aliphatic hydroxyl groups is 1. The molecule has 1 aromatic carbocycles. The van der Waals surface area contributed by atoms with Crippen molar-refractivity contribution in [2.75, 3.05) is 25.5 Å². The standard InChI is InChI=1S/C14H21ClN2O2/c1-4-10-6-7-12(15)11(5-2)13(10)16-14(19)17(3)8-9-18/h6-7,18H,4-5,8-9H2,1-3H3,(H,16,19). The Morgan fingerprint density at radius 3 is 2.58 bits per heavy atom. The van der Waals surface area contributed by atoms with Crippen LogP contribution in [-0.2, 0) is 12.8 Å². The second-order valence-corrected chi connectivity index (χ2v) is 4.75. The van der Waals surface area contributed by atoms with Crippen LogP contribution in [-0.4, -0.2) is 36.2 Å². The third kappa shape index (κ3) is 3.85. The number of carbonyl (C=O) groups is 1. The Morgan fingerprint density at radius 1 is 1.37 bits per heavy atom. The Bertz CT molecular complexity index is 449. The molecule has 0 bridgehead atoms. The van der Waals surface area contributed by atoms with Gasteiger partial charge in [0.15, 0.2) is 0 Å². The van der Waals surface area contributed by atoms with Gasteiger partial charge in [0.05, 0.1) is 12.3 Å². The average molecular weight is 285 g/mol. The molecule has 19 heavy (non-hydrogen) atoms. The summed E-state index contributed by atoms with van der Waals surface area (Å²) in [5.41, 5.74) is 2.81. The number of aryl methyl sites for hydroxylation is 1. The van der Waals surface area contributed by atoms with Gasteiger partial charge in [-0.2, -0.15) is 0 Å². The van der Waals surface area contributed by atoms with Crippen LogP contribution in [0.5, 0.6) is 0 Å². The Morgan fingerprint density at radius 2 is 2.05 bits per heavy atom. The molecule has 0 heterocycles. The molecule has 0 spiro atoms. The zero-order valence-corrected chi connectivity index (χ0v) is 12.4. The molecule has 0 radical (unpaired) electrons. The Balaban J connectivity index is 3.04. The minimum Gasteiger partial charge on any atom is -0.395 e. The lowest BCUT2D eigenvalue weighted by Gasteiger charge is -2.20. The van der Waals surface area contributed by atoms with Gasteiger partial charge in [-0.05, 0) is 30.0 Å². The molecule has 0 aliphatic carbocycles. The summed E-state index contributed by atoms with van der Waals surface area (Å²) in [5.74, 6) is 0. The van der Waals surface area contributed by atoms with E-state index in [1.54, 1.807) is 7.05 Å². The lowest BCUT2D eigenvalue weighted by molar-refractivity contribution is 0.202. The number of halogens is 1. The van der Waals surface area contributed by atoms with Gasteiger partial charge in [-0.15, -0.1) is 0 Å². The minimum atomic E-state index is -0.235. The molecule has 0 saturated heterocycles. The number of urea groups is 1. The summed E-state index contributed by atoms with van der Waals surface area (Å²) < 4.78 is 0. The van der Waals surface area contributed by atoms with Crippen molar-refractivity contribution in [1.82, 2.24) is 4.90 Å². The highest BCUT2D eigenvalue weighted by molar-refractivity contribution is 6.31. The van der Waals surface area contributed by atoms with Crippen LogP contribution in [0, 0.1) is 0 Å². The van der Waals surface area contributed by atoms with Crippen molar-refractivity contribution in [3.63, 3.8) is 0 Å². The van der Waals surface area contributed by atoms with E-state index < -0.39 is 0 Å². The molecular formula is C14H21ClN2O2. The van der Waals surface area contributed by atoms with Crippen LogP contribution in [0.2, 0.25) is 5.02 Å². The fourth-order valence-electron chi connectivity index (χ4n) is 1.92. The maximum Gasteiger partial charge on any atom is 0.321 e. The van der Waals surface area contributed by atoms with Crippen LogP contribution in [0.3, 0.4) is 0 Å². The van der Waals surface area contributed by atoms with E-state index in [9.17, 15) is 4.79 Å². The second kappa shape index (κ2) is 7.36. The van der Waals surface area contributed by atoms with Crippen LogP contribution in [0.4, 0.5) is 10.5 Å². The van der Waals surface area contributed by atoms with Crippen LogP contribution in [0.15, 0.2) is 12.1 Å². The number of nitrogens with one attached hydrogen (secondary N) is 1. The smallest absolute Gasteiger partial charge is 0.321 e. The molecular weight excluding hydrogens is 264 g/mol. The summed E-state index contributed by atoms with van der Waals surface area (Å²) in [6, 6.07) is 3.57. The van der Waals surface area contributed by atoms with E-state index in [-0.39, 0.29) is 12.6 Å². The van der Waals surface area contributed by atoms with E-state index in [4.69, 9.17) is 16.7 Å². The first-order valence-corrected chi connectivity index (χ1v) is 6.86. The maximum atomic E-state index is 12.0. The number of aliphatic hydroxyl groups excluding tert-OH is 1. The number of likely N-dealkylation sites (N-methyl/N-ethyl adjacent to an activating group) is 1. The van der Waals surface area contributed by atoms with Gasteiger partial charge in [-0.1, -0.05) is 31.5 Å². The predicted molar refractivity (Wildman–Crippen MR) is 78.9 cm³/mol. The van der Waals surface area contributed by atoms with Crippen molar-refractivity contribution in [3.05, 3.63) is 28.3 Å². The number of carbonyl (C=O) groups excluding carboxylic acids is 1. The van der Waals surface area contributed by atoms with Gasteiger partial charge < -0.3 is 15.3 Å². The predicted octanol–water partition coefficient (Wildman–Crippen LogP) is 2.92. The number of hydrogen-bond donors (Lipinski definition) is 2. The molecule has 0 aliphatic rings. The number of benzene rings is 1. The maximum absolute atomic E-state index is 12.0. The molecule has 0 saturated carbocycles. The van der Waals surface area contributed by atoms with Gasteiger partial charge in [-0.3, -0.25) is 0 Å². The summed E-state index contributed by atoms with van der Waals surface area (Å²) in [4.78, 5) is 13.5. The fourth-order valence-corrected chi connectivity index (χ4v) is 2.21. The van der Waals surface area contributed by atoms with Crippen molar-refractivity contribution >= 4 is 23.3 Å². The van der Waals surface area contributed by atoms with Gasteiger partial charge in [0.25, 0.3) is 0 Å². The molecule has 0 aromatic heterocycles. The van der Waals surface area contributed by atoms with E-state index in [0.29, 0.717) is 11.6 Å². The number of anilines is 1. The largest absolute Gasteiger partial charge is 0.395 e. The molecule has 0 aliphatic heterocycles. The van der Waals surface area contributed by atoms with E-state index in [0.717, 1.165) is 29.7 Å². The summed E-state index contributed by atoms with van der Waals surface area (Å²) in [6.45, 7) is 4.29. The Hall–Kier alpha value is -1.26. The van der Waals surface area contributed by atoms with Crippen LogP contribution < -0.4 is 5.32 Å². The highest BCUT2D eigenvalue weighted by Gasteiger charge is 2.15. The lowest BCUT2D eigenvalue weighted by atomic mass is 10.0. The highest BCUT2D eigenvalue weighted by Crippen LogP contribution is 2.29. The van der Waals surface area contributed by atoms with Crippen molar-refractivity contribution in [2.24, 2.45) is 0 Å². The molecule has 4 nitrogen and oxygen atoms in total. The number of rotatable bonds is 5. The van der Waals surface area contributed by atoms with Gasteiger partial charge in [-0.25, -0.2) is 4.79 Å². The topological polar surface area (TPSA) is 52.6 Å². The average Bonchev–Trinajstić information content (AvgIpc) is 2.39. The fraction of sp³-hybridized carbons (Fsp3) is 0.500. The monoisotopic (exact) mass is 284 g/mol. The van der Waals surface area contributed by atoms with Gasteiger partial charge in [0, 0.05) is 18.6 Å². The SMILES string of the molecule is CCc1ccc(Cl)c(CC)c1NC(=O)N(C)CCO. The number of hydrogen-bond acceptors (Lipinski definition) is 2. The second-order valence-electron chi connectivity index (χ2n) is 4.34. The first kappa shape index (κ1) is 15.8. The molecule has 0 unspecified atom stereocenters. The molecule has 1 rings (SSSR count). The Labute approximate surface area is 119 Å². The zero-order valence-electron chi connectivity index (χ0n) is 11.7. The molecule has 2 N–H and O–H groups in total. The van der Waals surface area contributed by atoms with Crippen LogP contribution in [0.25, 0.3) is 0 Å². The van der Waals surface area contributed by atoms with E-state index in [1.807, 2.05) is 26.0 Å². The summed E-state index contributed by atoms with van der Waals surface area (Å²) in [7, 11) is 1.65. The summed E-state index contributed by atoms with van der Waals surface area (Å²) in [5, 5.41) is 12.4. The molecule has 5 heteroatoms. The Kier molecular flexibility index (Phi) is 6.12. The van der Waals surface area contributed by atoms with E-state index in [2.05, 4.69) is 5.32 Å². The van der Waals surface area contributed by atoms with E-state index >= 15 is 0 Å². The van der Waals surface area contributed by atoms with E-state index in [1.165, 1.54) is 4.90 Å². The van der Waals surface area contributed by atoms with Crippen molar-refractivity contribution in [2.45, 2.75) is 26.7 Å². The summed E-state index contributed by atoms with van der Waals surface area (Å²) >= 11 is 6.18.